The van der Waals surface area contributed by atoms with E-state index in [4.69, 9.17) is 5.73 Å². The van der Waals surface area contributed by atoms with Crippen molar-refractivity contribution in [3.63, 3.8) is 0 Å². The molecule has 1 aromatic heterocycles. The zero-order valence-electron chi connectivity index (χ0n) is 9.44. The molecule has 0 bridgehead atoms. The summed E-state index contributed by atoms with van der Waals surface area (Å²) in [5.74, 6) is 0. The van der Waals surface area contributed by atoms with Crippen LogP contribution in [0.4, 0.5) is 5.13 Å². The van der Waals surface area contributed by atoms with Gasteiger partial charge in [0.05, 0.1) is 5.69 Å². The molecule has 0 amide bonds. The Hall–Kier alpha value is -0.660. The molecule has 0 saturated heterocycles. The van der Waals surface area contributed by atoms with E-state index >= 15 is 0 Å². The second-order valence-electron chi connectivity index (χ2n) is 4.79. The quantitative estimate of drug-likeness (QED) is 0.853. The van der Waals surface area contributed by atoms with Crippen LogP contribution in [0.5, 0.6) is 0 Å². The smallest absolute Gasteiger partial charge is 0.252 e. The van der Waals surface area contributed by atoms with Crippen molar-refractivity contribution in [2.75, 3.05) is 5.73 Å². The number of aryl methyl sites for hydroxylation is 1. The Bertz CT molecular complexity index is 519. The van der Waals surface area contributed by atoms with Crippen LogP contribution in [-0.4, -0.2) is 19.4 Å². The Labute approximate surface area is 99.1 Å². The van der Waals surface area contributed by atoms with E-state index in [-0.39, 0.29) is 20.8 Å². The van der Waals surface area contributed by atoms with Gasteiger partial charge in [0.1, 0.15) is 0 Å². The molecule has 1 atom stereocenters. The predicted molar refractivity (Wildman–Crippen MR) is 63.8 cm³/mol. The Balaban J connectivity index is 2.23. The molecule has 0 aromatic carbocycles. The lowest BCUT2D eigenvalue weighted by Gasteiger charge is -2.06. The van der Waals surface area contributed by atoms with E-state index in [0.717, 1.165) is 17.8 Å². The van der Waals surface area contributed by atoms with Gasteiger partial charge in [0.25, 0.3) is 10.0 Å². The van der Waals surface area contributed by atoms with Gasteiger partial charge in [-0.15, -0.1) is 0 Å². The molecule has 1 unspecified atom stereocenters. The molecule has 0 aliphatic heterocycles. The maximum Gasteiger partial charge on any atom is 0.252 e. The number of nitrogens with two attached hydrogens (primary N) is 1. The number of nitrogen functional groups attached to an aromatic ring is 1. The molecule has 1 saturated carbocycles. The van der Waals surface area contributed by atoms with Crippen molar-refractivity contribution in [1.82, 2.24) is 9.71 Å². The van der Waals surface area contributed by atoms with Crippen LogP contribution in [0.2, 0.25) is 0 Å². The van der Waals surface area contributed by atoms with Gasteiger partial charge < -0.3 is 5.73 Å². The Morgan fingerprint density at radius 3 is 2.50 bits per heavy atom. The van der Waals surface area contributed by atoms with E-state index < -0.39 is 10.0 Å². The van der Waals surface area contributed by atoms with Crippen molar-refractivity contribution >= 4 is 26.5 Å². The minimum atomic E-state index is -3.45. The summed E-state index contributed by atoms with van der Waals surface area (Å²) in [6.45, 7) is 5.72. The molecule has 7 heteroatoms. The van der Waals surface area contributed by atoms with Crippen LogP contribution in [0.25, 0.3) is 0 Å². The number of thiazole rings is 1. The molecule has 1 heterocycles. The zero-order valence-corrected chi connectivity index (χ0v) is 11.1. The first-order valence-corrected chi connectivity index (χ1v) is 7.27. The third kappa shape index (κ3) is 2.07. The predicted octanol–water partition coefficient (Wildman–Crippen LogP) is 1.11. The van der Waals surface area contributed by atoms with Crippen LogP contribution in [0.1, 0.15) is 26.0 Å². The first-order chi connectivity index (χ1) is 7.22. The second kappa shape index (κ2) is 3.41. The third-order valence-corrected chi connectivity index (χ3v) is 5.89. The van der Waals surface area contributed by atoms with Gasteiger partial charge in [-0.2, -0.15) is 0 Å². The molecule has 1 aromatic rings. The summed E-state index contributed by atoms with van der Waals surface area (Å²) in [5, 5.41) is 0.285. The molecule has 5 nitrogen and oxygen atoms in total. The van der Waals surface area contributed by atoms with Crippen molar-refractivity contribution in [3.8, 4) is 0 Å². The monoisotopic (exact) mass is 261 g/mol. The van der Waals surface area contributed by atoms with E-state index in [1.54, 1.807) is 6.92 Å². The third-order valence-electron chi connectivity index (χ3n) is 2.83. The molecular weight excluding hydrogens is 246 g/mol. The van der Waals surface area contributed by atoms with Gasteiger partial charge in [0.15, 0.2) is 9.34 Å². The number of nitrogens with zero attached hydrogens (tertiary/aromatic N) is 1. The maximum absolute atomic E-state index is 12.0. The molecular formula is C9H15N3O2S2. The lowest BCUT2D eigenvalue weighted by atomic mass is 10.2. The van der Waals surface area contributed by atoms with Crippen molar-refractivity contribution in [1.29, 1.82) is 0 Å². The van der Waals surface area contributed by atoms with E-state index in [9.17, 15) is 8.42 Å². The summed E-state index contributed by atoms with van der Waals surface area (Å²) in [6, 6.07) is 0.0280. The van der Waals surface area contributed by atoms with Gasteiger partial charge in [-0.1, -0.05) is 25.2 Å². The SMILES string of the molecule is Cc1nc(N)sc1S(=O)(=O)NC1CC1(C)C. The minimum Gasteiger partial charge on any atom is -0.375 e. The normalized spacial score (nSPS) is 23.3. The molecule has 0 radical (unpaired) electrons. The van der Waals surface area contributed by atoms with Gasteiger partial charge >= 0.3 is 0 Å². The number of hydrogen-bond acceptors (Lipinski definition) is 5. The fourth-order valence-electron chi connectivity index (χ4n) is 1.56. The van der Waals surface area contributed by atoms with E-state index in [1.807, 2.05) is 13.8 Å². The van der Waals surface area contributed by atoms with Gasteiger partial charge in [-0.3, -0.25) is 0 Å². The van der Waals surface area contributed by atoms with E-state index in [2.05, 4.69) is 9.71 Å². The maximum atomic E-state index is 12.0. The van der Waals surface area contributed by atoms with Crippen molar-refractivity contribution in [2.24, 2.45) is 5.41 Å². The topological polar surface area (TPSA) is 85.1 Å². The molecule has 3 N–H and O–H groups in total. The summed E-state index contributed by atoms with van der Waals surface area (Å²) in [5.41, 5.74) is 6.02. The van der Waals surface area contributed by atoms with Gasteiger partial charge in [-0.05, 0) is 18.8 Å². The highest BCUT2D eigenvalue weighted by molar-refractivity contribution is 7.91. The molecule has 1 fully saturated rings. The summed E-state index contributed by atoms with van der Waals surface area (Å²) in [6.07, 6.45) is 0.875. The average Bonchev–Trinajstić information content (AvgIpc) is 2.53. The first kappa shape index (κ1) is 11.8. The first-order valence-electron chi connectivity index (χ1n) is 4.97. The van der Waals surface area contributed by atoms with E-state index in [0.29, 0.717) is 5.69 Å². The van der Waals surface area contributed by atoms with E-state index in [1.165, 1.54) is 0 Å². The number of nitrogens with one attached hydrogen (secondary N) is 1. The Morgan fingerprint density at radius 1 is 1.56 bits per heavy atom. The average molecular weight is 261 g/mol. The number of aromatic nitrogens is 1. The fourth-order valence-corrected chi connectivity index (χ4v) is 4.28. The van der Waals surface area contributed by atoms with Crippen molar-refractivity contribution in [2.45, 2.75) is 37.4 Å². The van der Waals surface area contributed by atoms with Crippen LogP contribution in [0.15, 0.2) is 4.21 Å². The van der Waals surface area contributed by atoms with Crippen LogP contribution in [0.3, 0.4) is 0 Å². The van der Waals surface area contributed by atoms with Crippen LogP contribution in [-0.2, 0) is 10.0 Å². The minimum absolute atomic E-state index is 0.0280. The molecule has 2 rings (SSSR count). The van der Waals surface area contributed by atoms with Gasteiger partial charge in [0.2, 0.25) is 0 Å². The number of sulfonamides is 1. The largest absolute Gasteiger partial charge is 0.375 e. The molecule has 90 valence electrons. The van der Waals surface area contributed by atoms with Crippen LogP contribution >= 0.6 is 11.3 Å². The highest BCUT2D eigenvalue weighted by Gasteiger charge is 2.48. The zero-order chi connectivity index (χ0) is 12.1. The highest BCUT2D eigenvalue weighted by Crippen LogP contribution is 2.45. The van der Waals surface area contributed by atoms with Crippen LogP contribution in [0, 0.1) is 12.3 Å². The number of rotatable bonds is 3. The van der Waals surface area contributed by atoms with Gasteiger partial charge in [0, 0.05) is 6.04 Å². The Kier molecular flexibility index (Phi) is 2.52. The standard InChI is InChI=1S/C9H15N3O2S2/c1-5-7(15-8(10)11-5)16(13,14)12-6-4-9(6,2)3/h6,12H,4H2,1-3H3,(H2,10,11). The summed E-state index contributed by atoms with van der Waals surface area (Å²) >= 11 is 1.01. The summed E-state index contributed by atoms with van der Waals surface area (Å²) in [4.78, 5) is 3.92. The fraction of sp³-hybridized carbons (Fsp3) is 0.667. The highest BCUT2D eigenvalue weighted by atomic mass is 32.2. The molecule has 0 spiro atoms. The summed E-state index contributed by atoms with van der Waals surface area (Å²) in [7, 11) is -3.45. The lowest BCUT2D eigenvalue weighted by molar-refractivity contribution is 0.556. The second-order valence-corrected chi connectivity index (χ2v) is 7.73. The Morgan fingerprint density at radius 2 is 2.12 bits per heavy atom. The lowest BCUT2D eigenvalue weighted by Crippen LogP contribution is -2.28. The number of anilines is 1. The van der Waals surface area contributed by atoms with Crippen LogP contribution < -0.4 is 10.5 Å². The molecule has 1 aliphatic carbocycles. The molecule has 16 heavy (non-hydrogen) atoms. The van der Waals surface area contributed by atoms with Crippen molar-refractivity contribution < 1.29 is 8.42 Å². The number of hydrogen-bond donors (Lipinski definition) is 2. The summed E-state index contributed by atoms with van der Waals surface area (Å²) < 4.78 is 26.9. The van der Waals surface area contributed by atoms with Crippen molar-refractivity contribution in [3.05, 3.63) is 5.69 Å². The van der Waals surface area contributed by atoms with Gasteiger partial charge in [-0.25, -0.2) is 18.1 Å². The molecule has 1 aliphatic rings.